The van der Waals surface area contributed by atoms with Gasteiger partial charge in [-0.1, -0.05) is 6.07 Å². The monoisotopic (exact) mass is 365 g/mol. The van der Waals surface area contributed by atoms with Gasteiger partial charge in [-0.05, 0) is 49.4 Å². The summed E-state index contributed by atoms with van der Waals surface area (Å²) in [5.74, 6) is -0.0561. The van der Waals surface area contributed by atoms with E-state index in [0.29, 0.717) is 23.7 Å². The Bertz CT molecular complexity index is 730. The summed E-state index contributed by atoms with van der Waals surface area (Å²) >= 11 is 0.779. The first kappa shape index (κ1) is 18.9. The Hall–Kier alpha value is -2.48. The molecule has 0 N–H and O–H groups in total. The first-order chi connectivity index (χ1) is 11.9. The molecule has 1 saturated heterocycles. The largest absolute Gasteiger partial charge is 0.493 e. The van der Waals surface area contributed by atoms with Crippen LogP contribution in [-0.4, -0.2) is 48.9 Å². The Morgan fingerprint density at radius 2 is 2.00 bits per heavy atom. The van der Waals surface area contributed by atoms with E-state index in [9.17, 15) is 14.4 Å². The number of benzene rings is 1. The number of carbonyl (C=O) groups excluding carboxylic acids is 3. The van der Waals surface area contributed by atoms with Crippen LogP contribution in [0.2, 0.25) is 0 Å². The molecule has 1 fully saturated rings. The van der Waals surface area contributed by atoms with Gasteiger partial charge in [0.15, 0.2) is 11.5 Å². The second-order valence-corrected chi connectivity index (χ2v) is 6.09. The van der Waals surface area contributed by atoms with E-state index in [1.165, 1.54) is 21.1 Å². The fraction of sp³-hybridized carbons (Fsp3) is 0.353. The molecular formula is C17H19NO6S. The van der Waals surface area contributed by atoms with E-state index in [1.54, 1.807) is 24.3 Å². The molecule has 0 spiro atoms. The first-order valence-electron chi connectivity index (χ1n) is 7.58. The minimum atomic E-state index is -0.974. The normalized spacial score (nSPS) is 17.0. The summed E-state index contributed by atoms with van der Waals surface area (Å²) in [5, 5.41) is -0.507. The van der Waals surface area contributed by atoms with E-state index >= 15 is 0 Å². The van der Waals surface area contributed by atoms with Crippen LogP contribution in [0.4, 0.5) is 4.79 Å². The standard InChI is InChI=1S/C17H19NO6S/c1-5-24-12-7-6-11(8-13(12)22-3)9-14-15(19)18(17(21)25-14)10(2)16(20)23-4/h6-10H,5H2,1-4H3/b14-9+/t10-/m1/s1. The summed E-state index contributed by atoms with van der Waals surface area (Å²) in [6, 6.07) is 4.22. The lowest BCUT2D eigenvalue weighted by atomic mass is 10.1. The number of hydrogen-bond donors (Lipinski definition) is 0. The van der Waals surface area contributed by atoms with Crippen LogP contribution in [0.1, 0.15) is 19.4 Å². The van der Waals surface area contributed by atoms with Gasteiger partial charge in [-0.25, -0.2) is 4.79 Å². The molecule has 1 aliphatic rings. The molecule has 0 radical (unpaired) electrons. The Morgan fingerprint density at radius 1 is 1.28 bits per heavy atom. The van der Waals surface area contributed by atoms with E-state index in [2.05, 4.69) is 4.74 Å². The molecule has 0 saturated carbocycles. The number of thioether (sulfide) groups is 1. The van der Waals surface area contributed by atoms with Gasteiger partial charge in [0, 0.05) is 0 Å². The summed E-state index contributed by atoms with van der Waals surface area (Å²) in [6.45, 7) is 3.82. The molecule has 1 aromatic rings. The first-order valence-corrected chi connectivity index (χ1v) is 8.40. The fourth-order valence-corrected chi connectivity index (χ4v) is 3.20. The number of ether oxygens (including phenoxy) is 3. The third kappa shape index (κ3) is 3.96. The van der Waals surface area contributed by atoms with Crippen LogP contribution < -0.4 is 9.47 Å². The Balaban J connectivity index is 2.29. The van der Waals surface area contributed by atoms with Gasteiger partial charge in [0.25, 0.3) is 11.1 Å². The van der Waals surface area contributed by atoms with E-state index in [1.807, 2.05) is 6.92 Å². The van der Waals surface area contributed by atoms with Crippen LogP contribution in [0, 0.1) is 0 Å². The van der Waals surface area contributed by atoms with Gasteiger partial charge in [0.2, 0.25) is 0 Å². The lowest BCUT2D eigenvalue weighted by Gasteiger charge is -2.18. The van der Waals surface area contributed by atoms with E-state index in [0.717, 1.165) is 16.7 Å². The van der Waals surface area contributed by atoms with Gasteiger partial charge in [-0.2, -0.15) is 0 Å². The Morgan fingerprint density at radius 3 is 2.60 bits per heavy atom. The molecule has 134 valence electrons. The molecule has 1 aromatic carbocycles. The third-order valence-corrected chi connectivity index (χ3v) is 4.42. The van der Waals surface area contributed by atoms with E-state index < -0.39 is 23.2 Å². The average molecular weight is 365 g/mol. The van der Waals surface area contributed by atoms with Gasteiger partial charge in [-0.3, -0.25) is 14.5 Å². The Kier molecular flexibility index (Phi) is 6.08. The van der Waals surface area contributed by atoms with Crippen LogP contribution in [-0.2, 0) is 14.3 Å². The highest BCUT2D eigenvalue weighted by Crippen LogP contribution is 2.35. The molecular weight excluding hydrogens is 346 g/mol. The predicted molar refractivity (Wildman–Crippen MR) is 93.5 cm³/mol. The Labute approximate surface area is 149 Å². The average Bonchev–Trinajstić information content (AvgIpc) is 2.88. The minimum absolute atomic E-state index is 0.229. The molecule has 0 aromatic heterocycles. The van der Waals surface area contributed by atoms with Crippen molar-refractivity contribution in [2.24, 2.45) is 0 Å². The van der Waals surface area contributed by atoms with Crippen molar-refractivity contribution < 1.29 is 28.6 Å². The van der Waals surface area contributed by atoms with Crippen LogP contribution in [0.5, 0.6) is 11.5 Å². The van der Waals surface area contributed by atoms with Crippen molar-refractivity contribution in [1.29, 1.82) is 0 Å². The number of hydrogen-bond acceptors (Lipinski definition) is 7. The molecule has 25 heavy (non-hydrogen) atoms. The van der Waals surface area contributed by atoms with Gasteiger partial charge in [0.05, 0.1) is 25.7 Å². The number of methoxy groups -OCH3 is 2. The molecule has 8 heteroatoms. The topological polar surface area (TPSA) is 82.1 Å². The summed E-state index contributed by atoms with van der Waals surface area (Å²) in [6.07, 6.45) is 1.58. The van der Waals surface area contributed by atoms with Gasteiger partial charge >= 0.3 is 5.97 Å². The summed E-state index contributed by atoms with van der Waals surface area (Å²) < 4.78 is 15.3. The molecule has 0 aliphatic carbocycles. The lowest BCUT2D eigenvalue weighted by molar-refractivity contribution is -0.148. The smallest absolute Gasteiger partial charge is 0.328 e. The number of imide groups is 1. The number of esters is 1. The lowest BCUT2D eigenvalue weighted by Crippen LogP contribution is -2.42. The molecule has 0 bridgehead atoms. The molecule has 1 heterocycles. The minimum Gasteiger partial charge on any atom is -0.493 e. The SMILES string of the molecule is CCOc1ccc(/C=C2/SC(=O)N([C@H](C)C(=O)OC)C2=O)cc1OC. The van der Waals surface area contributed by atoms with Crippen molar-refractivity contribution in [2.45, 2.75) is 19.9 Å². The molecule has 2 rings (SSSR count). The highest BCUT2D eigenvalue weighted by molar-refractivity contribution is 8.18. The quantitative estimate of drug-likeness (QED) is 0.566. The predicted octanol–water partition coefficient (Wildman–Crippen LogP) is 2.69. The van der Waals surface area contributed by atoms with Crippen molar-refractivity contribution in [1.82, 2.24) is 4.90 Å². The van der Waals surface area contributed by atoms with Crippen molar-refractivity contribution in [2.75, 3.05) is 20.8 Å². The van der Waals surface area contributed by atoms with Crippen LogP contribution in [0.25, 0.3) is 6.08 Å². The summed E-state index contributed by atoms with van der Waals surface area (Å²) in [7, 11) is 2.73. The van der Waals surface area contributed by atoms with Gasteiger partial charge in [0.1, 0.15) is 6.04 Å². The van der Waals surface area contributed by atoms with Gasteiger partial charge in [-0.15, -0.1) is 0 Å². The maximum atomic E-state index is 12.5. The number of carbonyl (C=O) groups is 3. The third-order valence-electron chi connectivity index (χ3n) is 3.54. The van der Waals surface area contributed by atoms with Crippen molar-refractivity contribution in [3.05, 3.63) is 28.7 Å². The number of rotatable bonds is 6. The maximum Gasteiger partial charge on any atom is 0.328 e. The zero-order valence-electron chi connectivity index (χ0n) is 14.4. The molecule has 1 atom stereocenters. The zero-order chi connectivity index (χ0) is 18.6. The summed E-state index contributed by atoms with van der Waals surface area (Å²) in [4.78, 5) is 37.3. The second-order valence-electron chi connectivity index (χ2n) is 5.09. The molecule has 1 aliphatic heterocycles. The highest BCUT2D eigenvalue weighted by Gasteiger charge is 2.41. The number of amides is 2. The number of nitrogens with zero attached hydrogens (tertiary/aromatic N) is 1. The van der Waals surface area contributed by atoms with Crippen LogP contribution in [0.3, 0.4) is 0 Å². The second kappa shape index (κ2) is 8.06. The molecule has 7 nitrogen and oxygen atoms in total. The molecule has 0 unspecified atom stereocenters. The molecule has 2 amide bonds. The van der Waals surface area contributed by atoms with E-state index in [-0.39, 0.29) is 4.91 Å². The van der Waals surface area contributed by atoms with Gasteiger partial charge < -0.3 is 14.2 Å². The highest BCUT2D eigenvalue weighted by atomic mass is 32.2. The maximum absolute atomic E-state index is 12.5. The van der Waals surface area contributed by atoms with Crippen LogP contribution >= 0.6 is 11.8 Å². The fourth-order valence-electron chi connectivity index (χ4n) is 2.29. The summed E-state index contributed by atoms with van der Waals surface area (Å²) in [5.41, 5.74) is 0.677. The van der Waals surface area contributed by atoms with Crippen molar-refractivity contribution in [3.8, 4) is 11.5 Å². The van der Waals surface area contributed by atoms with Crippen molar-refractivity contribution in [3.63, 3.8) is 0 Å². The zero-order valence-corrected chi connectivity index (χ0v) is 15.2. The van der Waals surface area contributed by atoms with Crippen molar-refractivity contribution >= 4 is 35.0 Å². The van der Waals surface area contributed by atoms with Crippen LogP contribution in [0.15, 0.2) is 23.1 Å². The van der Waals surface area contributed by atoms with E-state index in [4.69, 9.17) is 9.47 Å².